The fourth-order valence-electron chi connectivity index (χ4n) is 1.86. The summed E-state index contributed by atoms with van der Waals surface area (Å²) in [6.45, 7) is 3.84. The van der Waals surface area contributed by atoms with Gasteiger partial charge in [0.1, 0.15) is 11.6 Å². The number of hydrogen-bond acceptors (Lipinski definition) is 4. The molecule has 0 unspecified atom stereocenters. The summed E-state index contributed by atoms with van der Waals surface area (Å²) >= 11 is 7.24. The van der Waals surface area contributed by atoms with Crippen molar-refractivity contribution in [3.05, 3.63) is 51.2 Å². The number of carbonyl (C=O) groups is 1. The molecule has 0 saturated carbocycles. The molecular weight excluding hydrogens is 425 g/mol. The highest BCUT2D eigenvalue weighted by atomic mass is 127. The molecule has 1 amide bonds. The summed E-state index contributed by atoms with van der Waals surface area (Å²) in [6, 6.07) is 9.47. The molecule has 0 radical (unpaired) electrons. The molecule has 1 aromatic heterocycles. The molecular formula is C16H16IN3O2S. The smallest absolute Gasteiger partial charge is 0.264 e. The number of pyridine rings is 1. The van der Waals surface area contributed by atoms with Gasteiger partial charge < -0.3 is 10.1 Å². The average molecular weight is 441 g/mol. The Morgan fingerprint density at radius 3 is 2.74 bits per heavy atom. The van der Waals surface area contributed by atoms with Gasteiger partial charge in [0.25, 0.3) is 5.91 Å². The van der Waals surface area contributed by atoms with E-state index in [0.717, 1.165) is 14.7 Å². The van der Waals surface area contributed by atoms with Crippen molar-refractivity contribution in [2.24, 2.45) is 0 Å². The number of aromatic nitrogens is 1. The topological polar surface area (TPSA) is 63.2 Å². The fraction of sp³-hybridized carbons (Fsp3) is 0.188. The summed E-state index contributed by atoms with van der Waals surface area (Å²) in [5.74, 6) is 0.933. The molecule has 2 aromatic rings. The second-order valence-electron chi connectivity index (χ2n) is 4.92. The van der Waals surface area contributed by atoms with E-state index in [-0.39, 0.29) is 17.6 Å². The lowest BCUT2D eigenvalue weighted by Gasteiger charge is -2.11. The number of benzene rings is 1. The molecule has 0 aliphatic carbocycles. The third-order valence-electron chi connectivity index (χ3n) is 2.91. The van der Waals surface area contributed by atoms with Gasteiger partial charge in [0.2, 0.25) is 0 Å². The first-order valence-corrected chi connectivity index (χ1v) is 8.35. The lowest BCUT2D eigenvalue weighted by Crippen LogP contribution is -2.37. The first kappa shape index (κ1) is 17.6. The summed E-state index contributed by atoms with van der Waals surface area (Å²) in [5, 5.41) is 5.59. The predicted octanol–water partition coefficient (Wildman–Crippen LogP) is 3.20. The van der Waals surface area contributed by atoms with Crippen LogP contribution in [-0.4, -0.2) is 22.6 Å². The third-order valence-corrected chi connectivity index (χ3v) is 3.75. The maximum absolute atomic E-state index is 11.9. The van der Waals surface area contributed by atoms with E-state index in [1.165, 1.54) is 0 Å². The van der Waals surface area contributed by atoms with E-state index in [0.29, 0.717) is 11.6 Å². The van der Waals surface area contributed by atoms with Crippen LogP contribution >= 0.6 is 34.8 Å². The highest BCUT2D eigenvalue weighted by Crippen LogP contribution is 2.18. The van der Waals surface area contributed by atoms with Gasteiger partial charge in [0.15, 0.2) is 11.7 Å². The molecule has 1 heterocycles. The summed E-state index contributed by atoms with van der Waals surface area (Å²) in [4.78, 5) is 16.0. The van der Waals surface area contributed by atoms with E-state index in [2.05, 4.69) is 38.2 Å². The Hall–Kier alpha value is -1.74. The minimum Gasteiger partial charge on any atom is -0.483 e. The summed E-state index contributed by atoms with van der Waals surface area (Å²) in [6.07, 6.45) is 1.70. The van der Waals surface area contributed by atoms with Crippen LogP contribution in [0.2, 0.25) is 0 Å². The zero-order chi connectivity index (χ0) is 16.8. The highest BCUT2D eigenvalue weighted by Gasteiger charge is 2.08. The monoisotopic (exact) mass is 441 g/mol. The van der Waals surface area contributed by atoms with Crippen LogP contribution in [0.15, 0.2) is 36.5 Å². The Morgan fingerprint density at radius 2 is 2.09 bits per heavy atom. The average Bonchev–Trinajstić information content (AvgIpc) is 2.48. The van der Waals surface area contributed by atoms with Crippen molar-refractivity contribution >= 4 is 51.6 Å². The van der Waals surface area contributed by atoms with Gasteiger partial charge in [-0.05, 0) is 72.4 Å². The molecule has 120 valence electrons. The van der Waals surface area contributed by atoms with Crippen molar-refractivity contribution in [3.8, 4) is 5.75 Å². The maximum atomic E-state index is 11.9. The van der Waals surface area contributed by atoms with Crippen molar-refractivity contribution in [1.29, 1.82) is 0 Å². The number of thiocarbonyl (C=S) groups is 1. The van der Waals surface area contributed by atoms with Crippen molar-refractivity contribution in [1.82, 2.24) is 10.3 Å². The lowest BCUT2D eigenvalue weighted by atomic mass is 10.1. The second-order valence-corrected chi connectivity index (χ2v) is 6.58. The molecule has 0 fully saturated rings. The van der Waals surface area contributed by atoms with Crippen molar-refractivity contribution in [2.45, 2.75) is 13.8 Å². The molecule has 23 heavy (non-hydrogen) atoms. The van der Waals surface area contributed by atoms with Gasteiger partial charge in [-0.1, -0.05) is 17.7 Å². The summed E-state index contributed by atoms with van der Waals surface area (Å²) < 4.78 is 6.52. The minimum atomic E-state index is -0.326. The normalized spacial score (nSPS) is 10.0. The van der Waals surface area contributed by atoms with Crippen LogP contribution in [0.4, 0.5) is 5.82 Å². The van der Waals surface area contributed by atoms with Crippen LogP contribution in [0.25, 0.3) is 0 Å². The minimum absolute atomic E-state index is 0.105. The van der Waals surface area contributed by atoms with Gasteiger partial charge in [-0.15, -0.1) is 0 Å². The molecule has 2 rings (SSSR count). The number of nitrogens with one attached hydrogen (secondary N) is 2. The molecule has 7 heteroatoms. The standard InChI is InChI=1S/C16H16IN3O2S/c1-10-3-5-13(11(2)7-10)22-9-15(21)20-16(23)19-14-6-4-12(17)8-18-14/h3-8H,9H2,1-2H3,(H2,18,19,20,21,23). The van der Waals surface area contributed by atoms with Gasteiger partial charge in [0.05, 0.1) is 0 Å². The van der Waals surface area contributed by atoms with Crippen LogP contribution in [0.5, 0.6) is 5.75 Å². The van der Waals surface area contributed by atoms with Crippen LogP contribution in [-0.2, 0) is 4.79 Å². The van der Waals surface area contributed by atoms with Gasteiger partial charge in [-0.25, -0.2) is 4.98 Å². The van der Waals surface area contributed by atoms with Crippen molar-refractivity contribution in [3.63, 3.8) is 0 Å². The number of nitrogens with zero attached hydrogens (tertiary/aromatic N) is 1. The van der Waals surface area contributed by atoms with Crippen molar-refractivity contribution in [2.75, 3.05) is 11.9 Å². The number of hydrogen-bond donors (Lipinski definition) is 2. The van der Waals surface area contributed by atoms with E-state index in [1.54, 1.807) is 12.3 Å². The van der Waals surface area contributed by atoms with Crippen LogP contribution in [0.3, 0.4) is 0 Å². The van der Waals surface area contributed by atoms with Crippen LogP contribution in [0, 0.1) is 17.4 Å². The molecule has 0 aliphatic heterocycles. The Morgan fingerprint density at radius 1 is 1.30 bits per heavy atom. The Balaban J connectivity index is 1.82. The maximum Gasteiger partial charge on any atom is 0.264 e. The van der Waals surface area contributed by atoms with Gasteiger partial charge >= 0.3 is 0 Å². The first-order chi connectivity index (χ1) is 10.9. The molecule has 0 atom stereocenters. The van der Waals surface area contributed by atoms with E-state index in [1.807, 2.05) is 38.1 Å². The zero-order valence-corrected chi connectivity index (χ0v) is 15.7. The third kappa shape index (κ3) is 5.76. The first-order valence-electron chi connectivity index (χ1n) is 6.86. The van der Waals surface area contributed by atoms with E-state index < -0.39 is 0 Å². The second kappa shape index (κ2) is 8.21. The van der Waals surface area contributed by atoms with Crippen LogP contribution in [0.1, 0.15) is 11.1 Å². The largest absolute Gasteiger partial charge is 0.483 e. The van der Waals surface area contributed by atoms with Crippen molar-refractivity contribution < 1.29 is 9.53 Å². The SMILES string of the molecule is Cc1ccc(OCC(=O)NC(=S)Nc2ccc(I)cn2)c(C)c1. The fourth-order valence-corrected chi connectivity index (χ4v) is 2.40. The molecule has 0 aliphatic rings. The molecule has 0 spiro atoms. The Bertz CT molecular complexity index is 720. The van der Waals surface area contributed by atoms with Crippen LogP contribution < -0.4 is 15.4 Å². The highest BCUT2D eigenvalue weighted by molar-refractivity contribution is 14.1. The number of anilines is 1. The van der Waals surface area contributed by atoms with Gasteiger partial charge in [-0.3, -0.25) is 10.1 Å². The van der Waals surface area contributed by atoms with Gasteiger partial charge in [-0.2, -0.15) is 0 Å². The predicted molar refractivity (Wildman–Crippen MR) is 103 cm³/mol. The number of amides is 1. The molecule has 5 nitrogen and oxygen atoms in total. The molecule has 2 N–H and O–H groups in total. The quantitative estimate of drug-likeness (QED) is 0.564. The van der Waals surface area contributed by atoms with Gasteiger partial charge in [0, 0.05) is 9.77 Å². The Labute approximate surface area is 154 Å². The summed E-state index contributed by atoms with van der Waals surface area (Å²) in [5.41, 5.74) is 2.14. The number of aryl methyl sites for hydroxylation is 2. The van der Waals surface area contributed by atoms with E-state index in [9.17, 15) is 4.79 Å². The van der Waals surface area contributed by atoms with E-state index >= 15 is 0 Å². The summed E-state index contributed by atoms with van der Waals surface area (Å²) in [7, 11) is 0. The molecule has 0 bridgehead atoms. The number of ether oxygens (including phenoxy) is 1. The number of halogens is 1. The number of rotatable bonds is 4. The Kier molecular flexibility index (Phi) is 6.28. The number of carbonyl (C=O) groups excluding carboxylic acids is 1. The zero-order valence-electron chi connectivity index (χ0n) is 12.7. The lowest BCUT2D eigenvalue weighted by molar-refractivity contribution is -0.121. The molecule has 1 aromatic carbocycles. The molecule has 0 saturated heterocycles. The van der Waals surface area contributed by atoms with E-state index in [4.69, 9.17) is 17.0 Å².